The first-order valence-electron chi connectivity index (χ1n) is 6.76. The number of anilines is 1. The number of likely N-dealkylation sites (N-methyl/N-ethyl adjacent to an activating group) is 1. The van der Waals surface area contributed by atoms with Gasteiger partial charge in [0, 0.05) is 27.2 Å². The average molecular weight is 345 g/mol. The van der Waals surface area contributed by atoms with Gasteiger partial charge in [0.05, 0.1) is 23.4 Å². The van der Waals surface area contributed by atoms with Crippen LogP contribution in [0.25, 0.3) is 0 Å². The molecule has 1 aliphatic rings. The van der Waals surface area contributed by atoms with Crippen LogP contribution in [0.3, 0.4) is 0 Å². The number of hydrogen-bond donors (Lipinski definition) is 1. The second kappa shape index (κ2) is 7.31. The standard InChI is InChI=1S/C13H21BrN4O2/c1-4-18-5-6-20-10(7-18)12-16-9(8-19-3)11(14)13(15-2)17-12/h10H,4-8H2,1-3H3,(H,15,16,17). The van der Waals surface area contributed by atoms with E-state index in [9.17, 15) is 0 Å². The van der Waals surface area contributed by atoms with E-state index >= 15 is 0 Å². The van der Waals surface area contributed by atoms with E-state index in [2.05, 4.69) is 43.0 Å². The Bertz CT molecular complexity index is 458. The van der Waals surface area contributed by atoms with Crippen LogP contribution in [0.15, 0.2) is 4.47 Å². The van der Waals surface area contributed by atoms with E-state index in [0.717, 1.165) is 35.6 Å². The number of aromatic nitrogens is 2. The number of nitrogens with zero attached hydrogens (tertiary/aromatic N) is 3. The summed E-state index contributed by atoms with van der Waals surface area (Å²) in [6.07, 6.45) is -0.0838. The normalized spacial score (nSPS) is 20.1. The minimum Gasteiger partial charge on any atom is -0.378 e. The van der Waals surface area contributed by atoms with Crippen LogP contribution in [0.1, 0.15) is 24.5 Å². The summed E-state index contributed by atoms with van der Waals surface area (Å²) in [5.74, 6) is 1.47. The molecular weight excluding hydrogens is 324 g/mol. The largest absolute Gasteiger partial charge is 0.378 e. The van der Waals surface area contributed by atoms with E-state index < -0.39 is 0 Å². The zero-order valence-corrected chi connectivity index (χ0v) is 13.7. The first-order valence-corrected chi connectivity index (χ1v) is 7.55. The maximum absolute atomic E-state index is 5.82. The molecule has 2 rings (SSSR count). The fourth-order valence-corrected chi connectivity index (χ4v) is 2.69. The van der Waals surface area contributed by atoms with Crippen LogP contribution in [0.5, 0.6) is 0 Å². The molecule has 0 aliphatic carbocycles. The summed E-state index contributed by atoms with van der Waals surface area (Å²) in [7, 11) is 3.50. The van der Waals surface area contributed by atoms with Crippen LogP contribution >= 0.6 is 15.9 Å². The summed E-state index contributed by atoms with van der Waals surface area (Å²) in [6, 6.07) is 0. The van der Waals surface area contributed by atoms with Crippen molar-refractivity contribution < 1.29 is 9.47 Å². The Hall–Kier alpha value is -0.760. The monoisotopic (exact) mass is 344 g/mol. The lowest BCUT2D eigenvalue weighted by Gasteiger charge is -2.31. The Morgan fingerprint density at radius 1 is 1.50 bits per heavy atom. The van der Waals surface area contributed by atoms with Crippen molar-refractivity contribution in [2.45, 2.75) is 19.6 Å². The maximum atomic E-state index is 5.82. The van der Waals surface area contributed by atoms with Crippen LogP contribution in [0.2, 0.25) is 0 Å². The molecule has 0 saturated carbocycles. The predicted octanol–water partition coefficient (Wildman–Crippen LogP) is 1.82. The molecule has 0 bridgehead atoms. The smallest absolute Gasteiger partial charge is 0.161 e. The molecule has 7 heteroatoms. The minimum atomic E-state index is -0.0838. The van der Waals surface area contributed by atoms with Gasteiger partial charge in [-0.05, 0) is 22.5 Å². The summed E-state index contributed by atoms with van der Waals surface area (Å²) in [4.78, 5) is 11.5. The van der Waals surface area contributed by atoms with Gasteiger partial charge < -0.3 is 14.8 Å². The molecule has 0 radical (unpaired) electrons. The molecule has 2 heterocycles. The molecule has 1 atom stereocenters. The van der Waals surface area contributed by atoms with E-state index in [4.69, 9.17) is 9.47 Å². The molecule has 1 saturated heterocycles. The first-order chi connectivity index (χ1) is 9.69. The van der Waals surface area contributed by atoms with Crippen molar-refractivity contribution in [2.75, 3.05) is 45.7 Å². The summed E-state index contributed by atoms with van der Waals surface area (Å²) >= 11 is 3.51. The highest BCUT2D eigenvalue weighted by atomic mass is 79.9. The molecule has 1 aliphatic heterocycles. The lowest BCUT2D eigenvalue weighted by Crippen LogP contribution is -2.38. The lowest BCUT2D eigenvalue weighted by molar-refractivity contribution is -0.0327. The predicted molar refractivity (Wildman–Crippen MR) is 80.8 cm³/mol. The number of rotatable bonds is 5. The molecule has 1 fully saturated rings. The molecule has 0 spiro atoms. The molecule has 1 unspecified atom stereocenters. The van der Waals surface area contributed by atoms with Gasteiger partial charge in [0.1, 0.15) is 11.9 Å². The zero-order chi connectivity index (χ0) is 14.5. The quantitative estimate of drug-likeness (QED) is 0.879. The Balaban J connectivity index is 2.28. The molecule has 112 valence electrons. The van der Waals surface area contributed by atoms with Gasteiger partial charge in [0.2, 0.25) is 0 Å². The van der Waals surface area contributed by atoms with Gasteiger partial charge in [0.15, 0.2) is 5.82 Å². The van der Waals surface area contributed by atoms with Gasteiger partial charge in [-0.3, -0.25) is 4.90 Å². The summed E-state index contributed by atoms with van der Waals surface area (Å²) in [6.45, 7) is 6.11. The Morgan fingerprint density at radius 3 is 2.95 bits per heavy atom. The Kier molecular flexibility index (Phi) is 5.71. The molecule has 6 nitrogen and oxygen atoms in total. The van der Waals surface area contributed by atoms with Crippen LogP contribution < -0.4 is 5.32 Å². The van der Waals surface area contributed by atoms with Gasteiger partial charge in [-0.15, -0.1) is 0 Å². The molecule has 0 aromatic carbocycles. The van der Waals surface area contributed by atoms with Gasteiger partial charge >= 0.3 is 0 Å². The molecule has 1 aromatic heterocycles. The third-order valence-corrected chi connectivity index (χ3v) is 4.17. The second-order valence-corrected chi connectivity index (χ2v) is 5.42. The van der Waals surface area contributed by atoms with Gasteiger partial charge in [-0.25, -0.2) is 9.97 Å². The zero-order valence-electron chi connectivity index (χ0n) is 12.1. The average Bonchev–Trinajstić information content (AvgIpc) is 2.49. The van der Waals surface area contributed by atoms with Crippen molar-refractivity contribution in [3.8, 4) is 0 Å². The highest BCUT2D eigenvalue weighted by Gasteiger charge is 2.25. The lowest BCUT2D eigenvalue weighted by atomic mass is 10.2. The third-order valence-electron chi connectivity index (χ3n) is 3.34. The van der Waals surface area contributed by atoms with Crippen molar-refractivity contribution in [1.82, 2.24) is 14.9 Å². The van der Waals surface area contributed by atoms with Crippen LogP contribution in [0, 0.1) is 0 Å². The second-order valence-electron chi connectivity index (χ2n) is 4.63. The fraction of sp³-hybridized carbons (Fsp3) is 0.692. The summed E-state index contributed by atoms with van der Waals surface area (Å²) in [5.41, 5.74) is 0.832. The van der Waals surface area contributed by atoms with Crippen molar-refractivity contribution in [3.05, 3.63) is 16.0 Å². The minimum absolute atomic E-state index is 0.0838. The number of ether oxygens (including phenoxy) is 2. The third kappa shape index (κ3) is 3.46. The maximum Gasteiger partial charge on any atom is 0.161 e. The van der Waals surface area contributed by atoms with Crippen LogP contribution in [0.4, 0.5) is 5.82 Å². The molecule has 20 heavy (non-hydrogen) atoms. The fourth-order valence-electron chi connectivity index (χ4n) is 2.20. The summed E-state index contributed by atoms with van der Waals surface area (Å²) in [5, 5.41) is 3.08. The van der Waals surface area contributed by atoms with Gasteiger partial charge in [0.25, 0.3) is 0 Å². The summed E-state index contributed by atoms with van der Waals surface area (Å²) < 4.78 is 11.9. The van der Waals surface area contributed by atoms with Gasteiger partial charge in [-0.2, -0.15) is 0 Å². The molecule has 1 aromatic rings. The number of methoxy groups -OCH3 is 1. The highest BCUT2D eigenvalue weighted by Crippen LogP contribution is 2.27. The van der Waals surface area contributed by atoms with Crippen LogP contribution in [-0.4, -0.2) is 55.3 Å². The van der Waals surface area contributed by atoms with E-state index in [1.807, 2.05) is 7.05 Å². The number of nitrogens with one attached hydrogen (secondary N) is 1. The van der Waals surface area contributed by atoms with E-state index in [-0.39, 0.29) is 6.10 Å². The number of morpholine rings is 1. The van der Waals surface area contributed by atoms with Crippen LogP contribution in [-0.2, 0) is 16.1 Å². The van der Waals surface area contributed by atoms with Crippen molar-refractivity contribution in [2.24, 2.45) is 0 Å². The van der Waals surface area contributed by atoms with E-state index in [1.165, 1.54) is 0 Å². The van der Waals surface area contributed by atoms with Crippen molar-refractivity contribution >= 4 is 21.7 Å². The van der Waals surface area contributed by atoms with Crippen molar-refractivity contribution in [1.29, 1.82) is 0 Å². The van der Waals surface area contributed by atoms with E-state index in [0.29, 0.717) is 19.0 Å². The SMILES string of the molecule is CCN1CCOC(c2nc(COC)c(Br)c(NC)n2)C1. The van der Waals surface area contributed by atoms with Crippen molar-refractivity contribution in [3.63, 3.8) is 0 Å². The Labute approximate surface area is 128 Å². The molecular formula is C13H21BrN4O2. The number of halogens is 1. The first kappa shape index (κ1) is 15.6. The molecule has 1 N–H and O–H groups in total. The number of hydrogen-bond acceptors (Lipinski definition) is 6. The van der Waals surface area contributed by atoms with Gasteiger partial charge in [-0.1, -0.05) is 6.92 Å². The Morgan fingerprint density at radius 2 is 2.30 bits per heavy atom. The molecule has 0 amide bonds. The topological polar surface area (TPSA) is 59.5 Å². The van der Waals surface area contributed by atoms with E-state index in [1.54, 1.807) is 7.11 Å². The highest BCUT2D eigenvalue weighted by molar-refractivity contribution is 9.10.